The number of aliphatic imine (C=N–C) groups is 1. The predicted octanol–water partition coefficient (Wildman–Crippen LogP) is 7.09. The molecule has 2 aromatic carbocycles. The van der Waals surface area contributed by atoms with E-state index in [1.54, 1.807) is 11.0 Å². The number of alkyl halides is 6. The molecule has 0 bridgehead atoms. The highest BCUT2D eigenvalue weighted by molar-refractivity contribution is 8.14. The number of benzene rings is 2. The molecule has 0 atom stereocenters. The second kappa shape index (κ2) is 10.2. The Hall–Kier alpha value is -2.27. The van der Waals surface area contributed by atoms with Crippen LogP contribution < -0.4 is 5.32 Å². The van der Waals surface area contributed by atoms with Crippen molar-refractivity contribution in [3.63, 3.8) is 0 Å². The van der Waals surface area contributed by atoms with E-state index < -0.39 is 28.9 Å². The molecule has 0 unspecified atom stereocenters. The lowest BCUT2D eigenvalue weighted by molar-refractivity contribution is -0.138. The highest BCUT2D eigenvalue weighted by Crippen LogP contribution is 2.33. The molecule has 0 aliphatic carbocycles. The Kier molecular flexibility index (Phi) is 7.86. The van der Waals surface area contributed by atoms with Crippen LogP contribution in [0.4, 0.5) is 32.0 Å². The number of amidine groups is 1. The Balaban J connectivity index is 1.67. The fraction of sp³-hybridized carbons (Fsp3) is 0.391. The van der Waals surface area contributed by atoms with Gasteiger partial charge in [-0.25, -0.2) is 0 Å². The summed E-state index contributed by atoms with van der Waals surface area (Å²) in [5.41, 5.74) is -1.10. The van der Waals surface area contributed by atoms with Gasteiger partial charge in [-0.05, 0) is 53.9 Å². The molecule has 0 amide bonds. The van der Waals surface area contributed by atoms with Gasteiger partial charge in [-0.15, -0.1) is 0 Å². The number of hydrogen-bond donors (Lipinski definition) is 1. The van der Waals surface area contributed by atoms with E-state index in [1.165, 1.54) is 30.0 Å². The molecule has 11 heteroatoms. The number of anilines is 1. The number of hydrogen-bond acceptors (Lipinski definition) is 3. The summed E-state index contributed by atoms with van der Waals surface area (Å²) in [5, 5.41) is 3.70. The van der Waals surface area contributed by atoms with Crippen molar-refractivity contribution in [3.05, 3.63) is 65.2 Å². The van der Waals surface area contributed by atoms with E-state index in [0.717, 1.165) is 24.3 Å². The summed E-state index contributed by atoms with van der Waals surface area (Å²) in [6.07, 6.45) is -8.46. The maximum atomic E-state index is 13.0. The third-order valence-corrected chi connectivity index (χ3v) is 6.36. The van der Waals surface area contributed by atoms with E-state index in [0.29, 0.717) is 36.0 Å². The molecule has 0 spiro atoms. The van der Waals surface area contributed by atoms with Gasteiger partial charge in [0.15, 0.2) is 10.3 Å². The summed E-state index contributed by atoms with van der Waals surface area (Å²) in [5.74, 6) is 0.706. The Morgan fingerprint density at radius 2 is 1.62 bits per heavy atom. The van der Waals surface area contributed by atoms with Crippen LogP contribution in [0.5, 0.6) is 0 Å². The van der Waals surface area contributed by atoms with Gasteiger partial charge >= 0.3 is 12.4 Å². The Bertz CT molecular complexity index is 1060. The number of nitrogens with zero attached hydrogens (tertiary/aromatic N) is 2. The standard InChI is InChI=1S/C23H23F6N3S2/c1-21(2,13-15-5-3-6-16(11-15)22(24,25)26)14-30-20-32(9-10-34-20)19(33)31-18-8-4-7-17(12-18)23(27,28)29/h3-8,11-12H,9-10,13-14H2,1-2H3,(H,31,33). The average molecular weight is 520 g/mol. The maximum Gasteiger partial charge on any atom is 0.416 e. The molecular formula is C23H23F6N3S2. The topological polar surface area (TPSA) is 27.6 Å². The highest BCUT2D eigenvalue weighted by Gasteiger charge is 2.32. The summed E-state index contributed by atoms with van der Waals surface area (Å²) in [6, 6.07) is 10.0. The van der Waals surface area contributed by atoms with E-state index >= 15 is 0 Å². The van der Waals surface area contributed by atoms with Crippen LogP contribution in [0.3, 0.4) is 0 Å². The van der Waals surface area contributed by atoms with E-state index in [4.69, 9.17) is 12.2 Å². The molecular weight excluding hydrogens is 496 g/mol. The van der Waals surface area contributed by atoms with Crippen LogP contribution in [0.25, 0.3) is 0 Å². The van der Waals surface area contributed by atoms with Crippen molar-refractivity contribution >= 4 is 39.9 Å². The SMILES string of the molecule is CC(C)(CN=C1SCCN1C(=S)Nc1cccc(C(F)(F)F)c1)Cc1cccc(C(F)(F)F)c1. The van der Waals surface area contributed by atoms with E-state index in [-0.39, 0.29) is 10.8 Å². The van der Waals surface area contributed by atoms with Crippen LogP contribution in [0, 0.1) is 5.41 Å². The Labute approximate surface area is 203 Å². The number of nitrogens with one attached hydrogen (secondary N) is 1. The minimum atomic E-state index is -4.46. The predicted molar refractivity (Wildman–Crippen MR) is 128 cm³/mol. The van der Waals surface area contributed by atoms with Crippen molar-refractivity contribution in [2.24, 2.45) is 10.4 Å². The summed E-state index contributed by atoms with van der Waals surface area (Å²) in [6.45, 7) is 4.72. The second-order valence-electron chi connectivity index (χ2n) is 8.65. The second-order valence-corrected chi connectivity index (χ2v) is 10.1. The van der Waals surface area contributed by atoms with Crippen molar-refractivity contribution < 1.29 is 26.3 Å². The minimum Gasteiger partial charge on any atom is -0.332 e. The molecule has 1 N–H and O–H groups in total. The molecule has 1 heterocycles. The molecule has 0 aromatic heterocycles. The summed E-state index contributed by atoms with van der Waals surface area (Å²) in [7, 11) is 0. The third kappa shape index (κ3) is 7.11. The van der Waals surface area contributed by atoms with Crippen molar-refractivity contribution in [1.82, 2.24) is 4.90 Å². The number of rotatable bonds is 5. The molecule has 184 valence electrons. The lowest BCUT2D eigenvalue weighted by Crippen LogP contribution is -2.36. The lowest BCUT2D eigenvalue weighted by Gasteiger charge is -2.25. The monoisotopic (exact) mass is 519 g/mol. The first-order chi connectivity index (χ1) is 15.7. The normalized spacial score (nSPS) is 16.2. The van der Waals surface area contributed by atoms with Crippen molar-refractivity contribution in [3.8, 4) is 0 Å². The molecule has 34 heavy (non-hydrogen) atoms. The molecule has 1 aliphatic heterocycles. The molecule has 3 rings (SSSR count). The van der Waals surface area contributed by atoms with Crippen molar-refractivity contribution in [2.45, 2.75) is 32.6 Å². The van der Waals surface area contributed by atoms with Crippen LogP contribution in [0.15, 0.2) is 53.5 Å². The van der Waals surface area contributed by atoms with Gasteiger partial charge < -0.3 is 5.32 Å². The minimum absolute atomic E-state index is 0.223. The van der Waals surface area contributed by atoms with Gasteiger partial charge in [0.1, 0.15) is 0 Å². The number of thioether (sulfide) groups is 1. The van der Waals surface area contributed by atoms with Crippen LogP contribution in [-0.4, -0.2) is 34.0 Å². The number of thiocarbonyl (C=S) groups is 1. The van der Waals surface area contributed by atoms with E-state index in [1.807, 2.05) is 13.8 Å². The zero-order valence-electron chi connectivity index (χ0n) is 18.4. The van der Waals surface area contributed by atoms with Gasteiger partial charge in [0.2, 0.25) is 0 Å². The Morgan fingerprint density at radius 1 is 1.00 bits per heavy atom. The Morgan fingerprint density at radius 3 is 2.26 bits per heavy atom. The quantitative estimate of drug-likeness (QED) is 0.337. The van der Waals surface area contributed by atoms with Gasteiger partial charge in [-0.3, -0.25) is 9.89 Å². The summed E-state index contributed by atoms with van der Waals surface area (Å²) < 4.78 is 77.9. The molecule has 1 saturated heterocycles. The molecule has 2 aromatic rings. The van der Waals surface area contributed by atoms with Crippen LogP contribution in [0.1, 0.15) is 30.5 Å². The summed E-state index contributed by atoms with van der Waals surface area (Å²) >= 11 is 6.87. The first kappa shape index (κ1) is 26.3. The van der Waals surface area contributed by atoms with Gasteiger partial charge in [-0.1, -0.05) is 49.9 Å². The molecule has 0 radical (unpaired) electrons. The molecule has 3 nitrogen and oxygen atoms in total. The molecule has 1 fully saturated rings. The number of halogens is 6. The highest BCUT2D eigenvalue weighted by atomic mass is 32.2. The maximum absolute atomic E-state index is 13.0. The van der Waals surface area contributed by atoms with Gasteiger partial charge in [0.25, 0.3) is 0 Å². The van der Waals surface area contributed by atoms with Crippen LogP contribution in [-0.2, 0) is 18.8 Å². The lowest BCUT2D eigenvalue weighted by atomic mass is 9.85. The zero-order valence-corrected chi connectivity index (χ0v) is 20.1. The first-order valence-corrected chi connectivity index (χ1v) is 11.7. The van der Waals surface area contributed by atoms with Crippen molar-refractivity contribution in [1.29, 1.82) is 0 Å². The van der Waals surface area contributed by atoms with E-state index in [9.17, 15) is 26.3 Å². The van der Waals surface area contributed by atoms with Crippen molar-refractivity contribution in [2.75, 3.05) is 24.2 Å². The third-order valence-electron chi connectivity index (χ3n) is 5.04. The molecule has 1 aliphatic rings. The van der Waals surface area contributed by atoms with Crippen LogP contribution in [0.2, 0.25) is 0 Å². The fourth-order valence-electron chi connectivity index (χ4n) is 3.43. The summed E-state index contributed by atoms with van der Waals surface area (Å²) in [4.78, 5) is 6.36. The first-order valence-electron chi connectivity index (χ1n) is 10.3. The van der Waals surface area contributed by atoms with Gasteiger partial charge in [0, 0.05) is 24.5 Å². The van der Waals surface area contributed by atoms with Gasteiger partial charge in [0.05, 0.1) is 11.1 Å². The molecule has 0 saturated carbocycles. The smallest absolute Gasteiger partial charge is 0.332 e. The zero-order chi connectivity index (χ0) is 25.1. The van der Waals surface area contributed by atoms with Crippen LogP contribution >= 0.6 is 24.0 Å². The largest absolute Gasteiger partial charge is 0.416 e. The van der Waals surface area contributed by atoms with E-state index in [2.05, 4.69) is 10.3 Å². The fourth-order valence-corrected chi connectivity index (χ4v) is 4.74. The van der Waals surface area contributed by atoms with Gasteiger partial charge in [-0.2, -0.15) is 26.3 Å². The average Bonchev–Trinajstić information content (AvgIpc) is 3.20.